The molecule has 0 atom stereocenters. The number of nitriles is 1. The first-order chi connectivity index (χ1) is 8.63. The molecule has 0 amide bonds. The molecule has 4 nitrogen and oxygen atoms in total. The van der Waals surface area contributed by atoms with Crippen LogP contribution in [0.1, 0.15) is 5.56 Å². The molecule has 0 bridgehead atoms. The fourth-order valence-electron chi connectivity index (χ4n) is 1.65. The van der Waals surface area contributed by atoms with E-state index in [2.05, 4.69) is 0 Å². The normalized spacial score (nSPS) is 9.78. The molecule has 0 unspecified atom stereocenters. The maximum Gasteiger partial charge on any atom is 0.277 e. The highest BCUT2D eigenvalue weighted by molar-refractivity contribution is 5.73. The largest absolute Gasteiger partial charge is 0.277 e. The lowest BCUT2D eigenvalue weighted by Crippen LogP contribution is -1.92. The predicted molar refractivity (Wildman–Crippen MR) is 63.2 cm³/mol. The van der Waals surface area contributed by atoms with Crippen molar-refractivity contribution in [1.29, 1.82) is 5.26 Å². The summed E-state index contributed by atoms with van der Waals surface area (Å²) in [5, 5.41) is 19.5. The van der Waals surface area contributed by atoms with Crippen molar-refractivity contribution in [3.8, 4) is 17.2 Å². The Bertz CT molecular complexity index is 662. The van der Waals surface area contributed by atoms with Crippen LogP contribution in [-0.4, -0.2) is 4.92 Å². The van der Waals surface area contributed by atoms with E-state index in [1.165, 1.54) is 18.2 Å². The molecule has 5 heteroatoms. The van der Waals surface area contributed by atoms with E-state index in [4.69, 9.17) is 5.26 Å². The fraction of sp³-hybridized carbons (Fsp3) is 0. The van der Waals surface area contributed by atoms with Crippen molar-refractivity contribution in [2.24, 2.45) is 0 Å². The van der Waals surface area contributed by atoms with Gasteiger partial charge in [-0.1, -0.05) is 18.2 Å². The number of benzene rings is 2. The molecule has 0 fully saturated rings. The number of nitrogens with zero attached hydrogens (tertiary/aromatic N) is 2. The van der Waals surface area contributed by atoms with Gasteiger partial charge in [0.1, 0.15) is 11.9 Å². The van der Waals surface area contributed by atoms with Crippen molar-refractivity contribution in [2.75, 3.05) is 0 Å². The van der Waals surface area contributed by atoms with Crippen molar-refractivity contribution in [1.82, 2.24) is 0 Å². The van der Waals surface area contributed by atoms with Crippen LogP contribution in [0, 0.1) is 27.3 Å². The molecule has 0 spiro atoms. The average Bonchev–Trinajstić information content (AvgIpc) is 2.38. The lowest BCUT2D eigenvalue weighted by atomic mass is 10.0. The van der Waals surface area contributed by atoms with E-state index in [0.29, 0.717) is 11.1 Å². The topological polar surface area (TPSA) is 66.9 Å². The molecule has 0 aliphatic heterocycles. The molecule has 0 aliphatic carbocycles. The van der Waals surface area contributed by atoms with Crippen molar-refractivity contribution < 1.29 is 9.31 Å². The smallest absolute Gasteiger partial charge is 0.258 e. The van der Waals surface area contributed by atoms with Crippen LogP contribution in [-0.2, 0) is 0 Å². The SMILES string of the molecule is N#Cc1ccc(-c2ccccc2[N+](=O)[O-])cc1F. The summed E-state index contributed by atoms with van der Waals surface area (Å²) in [6.07, 6.45) is 0. The van der Waals surface area contributed by atoms with Crippen molar-refractivity contribution in [2.45, 2.75) is 0 Å². The molecule has 0 radical (unpaired) electrons. The predicted octanol–water partition coefficient (Wildman–Crippen LogP) is 3.27. The van der Waals surface area contributed by atoms with Crippen LogP contribution in [0.5, 0.6) is 0 Å². The highest BCUT2D eigenvalue weighted by Gasteiger charge is 2.15. The van der Waals surface area contributed by atoms with Crippen LogP contribution in [0.3, 0.4) is 0 Å². The zero-order valence-corrected chi connectivity index (χ0v) is 9.13. The molecule has 0 saturated heterocycles. The summed E-state index contributed by atoms with van der Waals surface area (Å²) in [7, 11) is 0. The number of rotatable bonds is 2. The third kappa shape index (κ3) is 2.04. The molecule has 0 aliphatic rings. The second-order valence-corrected chi connectivity index (χ2v) is 3.58. The van der Waals surface area contributed by atoms with Crippen LogP contribution in [0.25, 0.3) is 11.1 Å². The Morgan fingerprint density at radius 3 is 2.56 bits per heavy atom. The van der Waals surface area contributed by atoms with E-state index >= 15 is 0 Å². The first kappa shape index (κ1) is 11.7. The van der Waals surface area contributed by atoms with Crippen LogP contribution < -0.4 is 0 Å². The van der Waals surface area contributed by atoms with E-state index in [0.717, 1.165) is 6.07 Å². The summed E-state index contributed by atoms with van der Waals surface area (Å²) in [4.78, 5) is 10.3. The standard InChI is InChI=1S/C13H7FN2O2/c14-12-7-9(5-6-10(12)8-15)11-3-1-2-4-13(11)16(17)18/h1-7H. The van der Waals surface area contributed by atoms with Crippen LogP contribution >= 0.6 is 0 Å². The van der Waals surface area contributed by atoms with Gasteiger partial charge in [-0.25, -0.2) is 4.39 Å². The van der Waals surface area contributed by atoms with Gasteiger partial charge in [0, 0.05) is 6.07 Å². The second kappa shape index (κ2) is 4.63. The summed E-state index contributed by atoms with van der Waals surface area (Å²) in [6, 6.07) is 11.7. The van der Waals surface area contributed by atoms with E-state index in [9.17, 15) is 14.5 Å². The molecule has 2 aromatic rings. The van der Waals surface area contributed by atoms with Gasteiger partial charge in [-0.3, -0.25) is 10.1 Å². The molecule has 0 N–H and O–H groups in total. The summed E-state index contributed by atoms with van der Waals surface area (Å²) in [5.74, 6) is -0.687. The Labute approximate surface area is 102 Å². The number of halogens is 1. The third-order valence-corrected chi connectivity index (χ3v) is 2.50. The maximum absolute atomic E-state index is 13.5. The van der Waals surface area contributed by atoms with E-state index in [1.807, 2.05) is 0 Å². The summed E-state index contributed by atoms with van der Waals surface area (Å²) < 4.78 is 13.5. The Kier molecular flexibility index (Phi) is 3.02. The molecule has 2 rings (SSSR count). The Morgan fingerprint density at radius 2 is 1.94 bits per heavy atom. The van der Waals surface area contributed by atoms with E-state index in [-0.39, 0.29) is 11.3 Å². The molecule has 0 aromatic heterocycles. The average molecular weight is 242 g/mol. The Balaban J connectivity index is 2.60. The van der Waals surface area contributed by atoms with Gasteiger partial charge in [0.15, 0.2) is 0 Å². The number of hydrogen-bond donors (Lipinski definition) is 0. The Morgan fingerprint density at radius 1 is 1.22 bits per heavy atom. The van der Waals surface area contributed by atoms with Gasteiger partial charge in [0.25, 0.3) is 5.69 Å². The minimum absolute atomic E-state index is 0.0858. The van der Waals surface area contributed by atoms with Gasteiger partial charge in [-0.05, 0) is 23.8 Å². The molecule has 18 heavy (non-hydrogen) atoms. The highest BCUT2D eigenvalue weighted by Crippen LogP contribution is 2.30. The van der Waals surface area contributed by atoms with Crippen molar-refractivity contribution in [3.63, 3.8) is 0 Å². The van der Waals surface area contributed by atoms with E-state index < -0.39 is 10.7 Å². The zero-order chi connectivity index (χ0) is 13.1. The van der Waals surface area contributed by atoms with Crippen LogP contribution in [0.4, 0.5) is 10.1 Å². The van der Waals surface area contributed by atoms with Crippen LogP contribution in [0.2, 0.25) is 0 Å². The fourth-order valence-corrected chi connectivity index (χ4v) is 1.65. The molecule has 0 heterocycles. The van der Waals surface area contributed by atoms with Gasteiger partial charge in [-0.2, -0.15) is 5.26 Å². The van der Waals surface area contributed by atoms with Gasteiger partial charge in [-0.15, -0.1) is 0 Å². The van der Waals surface area contributed by atoms with Gasteiger partial charge in [0.2, 0.25) is 0 Å². The molecular formula is C13H7FN2O2. The lowest BCUT2D eigenvalue weighted by Gasteiger charge is -2.03. The van der Waals surface area contributed by atoms with Gasteiger partial charge >= 0.3 is 0 Å². The monoisotopic (exact) mass is 242 g/mol. The minimum Gasteiger partial charge on any atom is -0.258 e. The van der Waals surface area contributed by atoms with Crippen LogP contribution in [0.15, 0.2) is 42.5 Å². The number of nitro benzene ring substituents is 1. The first-order valence-corrected chi connectivity index (χ1v) is 5.07. The summed E-state index contributed by atoms with van der Waals surface area (Å²) in [5.41, 5.74) is 0.517. The summed E-state index contributed by atoms with van der Waals surface area (Å²) in [6.45, 7) is 0. The molecule has 88 valence electrons. The minimum atomic E-state index is -0.687. The first-order valence-electron chi connectivity index (χ1n) is 5.07. The second-order valence-electron chi connectivity index (χ2n) is 3.58. The zero-order valence-electron chi connectivity index (χ0n) is 9.13. The number of para-hydroxylation sites is 1. The van der Waals surface area contributed by atoms with Crippen molar-refractivity contribution in [3.05, 3.63) is 64.0 Å². The quantitative estimate of drug-likeness (QED) is 0.599. The lowest BCUT2D eigenvalue weighted by molar-refractivity contribution is -0.384. The maximum atomic E-state index is 13.5. The molecule has 0 saturated carbocycles. The van der Waals surface area contributed by atoms with E-state index in [1.54, 1.807) is 24.3 Å². The molecule has 2 aromatic carbocycles. The Hall–Kier alpha value is -2.74. The highest BCUT2D eigenvalue weighted by atomic mass is 19.1. The summed E-state index contributed by atoms with van der Waals surface area (Å²) >= 11 is 0. The third-order valence-electron chi connectivity index (χ3n) is 2.50. The van der Waals surface area contributed by atoms with Crippen molar-refractivity contribution >= 4 is 5.69 Å². The number of hydrogen-bond acceptors (Lipinski definition) is 3. The van der Waals surface area contributed by atoms with Gasteiger partial charge < -0.3 is 0 Å². The number of nitro groups is 1. The molecular weight excluding hydrogens is 235 g/mol. The van der Waals surface area contributed by atoms with Gasteiger partial charge in [0.05, 0.1) is 16.1 Å².